The molecule has 0 fully saturated rings. The van der Waals surface area contributed by atoms with E-state index in [-0.39, 0.29) is 17.9 Å². The van der Waals surface area contributed by atoms with Crippen LogP contribution in [-0.2, 0) is 6.42 Å². The van der Waals surface area contributed by atoms with E-state index in [2.05, 4.69) is 25.2 Å². The summed E-state index contributed by atoms with van der Waals surface area (Å²) in [5.41, 5.74) is 1.92. The lowest BCUT2D eigenvalue weighted by Gasteiger charge is -2.20. The van der Waals surface area contributed by atoms with E-state index in [4.69, 9.17) is 4.42 Å². The van der Waals surface area contributed by atoms with Gasteiger partial charge in [-0.2, -0.15) is 0 Å². The van der Waals surface area contributed by atoms with Gasteiger partial charge in [-0.25, -0.2) is 4.39 Å². The first-order valence-electron chi connectivity index (χ1n) is 7.03. The summed E-state index contributed by atoms with van der Waals surface area (Å²) in [7, 11) is 0. The van der Waals surface area contributed by atoms with Gasteiger partial charge in [-0.1, -0.05) is 18.2 Å². The van der Waals surface area contributed by atoms with Crippen molar-refractivity contribution >= 4 is 0 Å². The first-order valence-corrected chi connectivity index (χ1v) is 7.03. The van der Waals surface area contributed by atoms with Crippen LogP contribution in [0.15, 0.2) is 34.7 Å². The smallest absolute Gasteiger partial charge is 0.126 e. The zero-order valence-electron chi connectivity index (χ0n) is 12.5. The lowest BCUT2D eigenvalue weighted by Crippen LogP contribution is -2.31. The van der Waals surface area contributed by atoms with E-state index in [1.54, 1.807) is 6.07 Å². The summed E-state index contributed by atoms with van der Waals surface area (Å²) in [4.78, 5) is 0. The second-order valence-corrected chi connectivity index (χ2v) is 5.45. The Bertz CT molecular complexity index is 576. The maximum atomic E-state index is 13.6. The Morgan fingerprint density at radius 3 is 2.50 bits per heavy atom. The molecule has 0 bridgehead atoms. The van der Waals surface area contributed by atoms with E-state index in [0.717, 1.165) is 17.1 Å². The van der Waals surface area contributed by atoms with Crippen molar-refractivity contribution in [2.24, 2.45) is 0 Å². The highest BCUT2D eigenvalue weighted by Crippen LogP contribution is 2.22. The van der Waals surface area contributed by atoms with Gasteiger partial charge >= 0.3 is 0 Å². The van der Waals surface area contributed by atoms with E-state index in [1.807, 2.05) is 26.0 Å². The predicted octanol–water partition coefficient (Wildman–Crippen LogP) is 4.32. The average Bonchev–Trinajstić information content (AvgIpc) is 2.71. The van der Waals surface area contributed by atoms with Crippen LogP contribution in [0.2, 0.25) is 0 Å². The van der Waals surface area contributed by atoms with Crippen molar-refractivity contribution in [1.29, 1.82) is 0 Å². The number of halogens is 1. The van der Waals surface area contributed by atoms with Gasteiger partial charge in [-0.05, 0) is 51.8 Å². The van der Waals surface area contributed by atoms with E-state index in [0.29, 0.717) is 6.42 Å². The van der Waals surface area contributed by atoms with Crippen molar-refractivity contribution < 1.29 is 8.81 Å². The van der Waals surface area contributed by atoms with Gasteiger partial charge in [0.25, 0.3) is 0 Å². The van der Waals surface area contributed by atoms with Crippen LogP contribution in [0.25, 0.3) is 0 Å². The Hall–Kier alpha value is -1.61. The largest absolute Gasteiger partial charge is 0.466 e. The van der Waals surface area contributed by atoms with E-state index in [9.17, 15) is 4.39 Å². The fourth-order valence-electron chi connectivity index (χ4n) is 2.65. The molecule has 2 unspecified atom stereocenters. The molecule has 2 nitrogen and oxygen atoms in total. The molecule has 0 aliphatic rings. The number of furan rings is 1. The molecule has 0 aliphatic heterocycles. The second-order valence-electron chi connectivity index (χ2n) is 5.45. The first kappa shape index (κ1) is 14.8. The van der Waals surface area contributed by atoms with Gasteiger partial charge in [-0.3, -0.25) is 0 Å². The SMILES string of the molecule is Cc1cc(C(C)NC(C)Cc2ccccc2F)c(C)o1. The van der Waals surface area contributed by atoms with Gasteiger partial charge < -0.3 is 9.73 Å². The van der Waals surface area contributed by atoms with Crippen molar-refractivity contribution in [3.8, 4) is 0 Å². The minimum Gasteiger partial charge on any atom is -0.466 e. The van der Waals surface area contributed by atoms with Gasteiger partial charge in [0.2, 0.25) is 0 Å². The van der Waals surface area contributed by atoms with E-state index >= 15 is 0 Å². The van der Waals surface area contributed by atoms with Gasteiger partial charge in [-0.15, -0.1) is 0 Å². The third-order valence-electron chi connectivity index (χ3n) is 3.56. The monoisotopic (exact) mass is 275 g/mol. The lowest BCUT2D eigenvalue weighted by atomic mass is 10.0. The third kappa shape index (κ3) is 3.48. The Balaban J connectivity index is 1.99. The van der Waals surface area contributed by atoms with Crippen molar-refractivity contribution in [3.05, 3.63) is 58.8 Å². The van der Waals surface area contributed by atoms with Gasteiger partial charge in [0.1, 0.15) is 17.3 Å². The molecule has 3 heteroatoms. The van der Waals surface area contributed by atoms with Crippen LogP contribution in [0.1, 0.15) is 42.5 Å². The molecule has 2 aromatic rings. The minimum absolute atomic E-state index is 0.135. The fourth-order valence-corrected chi connectivity index (χ4v) is 2.65. The van der Waals surface area contributed by atoms with Crippen LogP contribution in [0.3, 0.4) is 0 Å². The molecule has 1 aromatic carbocycles. The van der Waals surface area contributed by atoms with Crippen molar-refractivity contribution in [2.45, 2.75) is 46.2 Å². The summed E-state index contributed by atoms with van der Waals surface area (Å²) in [6.07, 6.45) is 0.674. The number of hydrogen-bond donors (Lipinski definition) is 1. The summed E-state index contributed by atoms with van der Waals surface area (Å²) in [6, 6.07) is 9.38. The van der Waals surface area contributed by atoms with Crippen LogP contribution >= 0.6 is 0 Å². The van der Waals surface area contributed by atoms with Crippen LogP contribution in [0.5, 0.6) is 0 Å². The standard InChI is InChI=1S/C17H22FNO/c1-11(9-15-7-5-6-8-17(15)18)19-13(3)16-10-12(2)20-14(16)4/h5-8,10-11,13,19H,9H2,1-4H3. The number of hydrogen-bond acceptors (Lipinski definition) is 2. The van der Waals surface area contributed by atoms with Gasteiger partial charge in [0.15, 0.2) is 0 Å². The molecule has 0 spiro atoms. The maximum Gasteiger partial charge on any atom is 0.126 e. The molecular weight excluding hydrogens is 253 g/mol. The van der Waals surface area contributed by atoms with Crippen molar-refractivity contribution in [1.82, 2.24) is 5.32 Å². The van der Waals surface area contributed by atoms with Gasteiger partial charge in [0, 0.05) is 17.6 Å². The average molecular weight is 275 g/mol. The Kier molecular flexibility index (Phi) is 4.61. The highest BCUT2D eigenvalue weighted by atomic mass is 19.1. The molecule has 20 heavy (non-hydrogen) atoms. The topological polar surface area (TPSA) is 25.2 Å². The molecule has 0 saturated heterocycles. The van der Waals surface area contributed by atoms with Crippen LogP contribution in [0, 0.1) is 19.7 Å². The molecule has 2 atom stereocenters. The highest BCUT2D eigenvalue weighted by Gasteiger charge is 2.15. The predicted molar refractivity (Wildman–Crippen MR) is 79.3 cm³/mol. The summed E-state index contributed by atoms with van der Waals surface area (Å²) in [5, 5.41) is 3.50. The van der Waals surface area contributed by atoms with Crippen LogP contribution in [-0.4, -0.2) is 6.04 Å². The Morgan fingerprint density at radius 1 is 1.20 bits per heavy atom. The zero-order chi connectivity index (χ0) is 14.7. The van der Waals surface area contributed by atoms with Gasteiger partial charge in [0.05, 0.1) is 0 Å². The van der Waals surface area contributed by atoms with E-state index in [1.165, 1.54) is 11.6 Å². The summed E-state index contributed by atoms with van der Waals surface area (Å²) in [5.74, 6) is 1.73. The summed E-state index contributed by atoms with van der Waals surface area (Å²) >= 11 is 0. The lowest BCUT2D eigenvalue weighted by molar-refractivity contribution is 0.454. The minimum atomic E-state index is -0.135. The number of aryl methyl sites for hydroxylation is 2. The Labute approximate surface area is 120 Å². The number of nitrogens with one attached hydrogen (secondary N) is 1. The second kappa shape index (κ2) is 6.23. The summed E-state index contributed by atoms with van der Waals surface area (Å²) < 4.78 is 19.2. The number of benzene rings is 1. The quantitative estimate of drug-likeness (QED) is 0.879. The molecule has 1 N–H and O–H groups in total. The molecule has 1 aromatic heterocycles. The Morgan fingerprint density at radius 2 is 1.90 bits per heavy atom. The highest BCUT2D eigenvalue weighted by molar-refractivity contribution is 5.24. The normalized spacial score (nSPS) is 14.2. The molecule has 1 heterocycles. The molecular formula is C17H22FNO. The van der Waals surface area contributed by atoms with Crippen molar-refractivity contribution in [3.63, 3.8) is 0 Å². The molecule has 0 aliphatic carbocycles. The molecule has 0 saturated carbocycles. The zero-order valence-corrected chi connectivity index (χ0v) is 12.5. The van der Waals surface area contributed by atoms with Crippen LogP contribution < -0.4 is 5.32 Å². The molecule has 0 radical (unpaired) electrons. The molecule has 108 valence electrons. The molecule has 2 rings (SSSR count). The number of rotatable bonds is 5. The third-order valence-corrected chi connectivity index (χ3v) is 3.56. The fraction of sp³-hybridized carbons (Fsp3) is 0.412. The molecule has 0 amide bonds. The maximum absolute atomic E-state index is 13.6. The van der Waals surface area contributed by atoms with Crippen molar-refractivity contribution in [2.75, 3.05) is 0 Å². The first-order chi connectivity index (χ1) is 9.47. The summed E-state index contributed by atoms with van der Waals surface area (Å²) in [6.45, 7) is 8.11. The van der Waals surface area contributed by atoms with E-state index < -0.39 is 0 Å². The van der Waals surface area contributed by atoms with Crippen LogP contribution in [0.4, 0.5) is 4.39 Å².